The molecule has 1 nitrogen and oxygen atoms in total. The Morgan fingerprint density at radius 3 is 2.36 bits per heavy atom. The summed E-state index contributed by atoms with van der Waals surface area (Å²) in [5.41, 5.74) is 15.2. The molecule has 44 heavy (non-hydrogen) atoms. The molecule has 1 aliphatic heterocycles. The van der Waals surface area contributed by atoms with E-state index < -0.39 is 0 Å². The first-order chi connectivity index (χ1) is 21.7. The molecule has 1 heteroatoms. The third-order valence-electron chi connectivity index (χ3n) is 10.6. The minimum atomic E-state index is 0.277. The van der Waals surface area contributed by atoms with E-state index in [1.165, 1.54) is 80.8 Å². The van der Waals surface area contributed by atoms with Crippen LogP contribution in [0.3, 0.4) is 0 Å². The molecule has 3 aromatic carbocycles. The number of hydrogen-bond acceptors (Lipinski definition) is 1. The second-order valence-corrected chi connectivity index (χ2v) is 13.2. The summed E-state index contributed by atoms with van der Waals surface area (Å²) in [4.78, 5) is 5.15. The molecule has 0 fully saturated rings. The van der Waals surface area contributed by atoms with E-state index in [0.29, 0.717) is 17.8 Å². The van der Waals surface area contributed by atoms with Gasteiger partial charge in [0.15, 0.2) is 0 Å². The van der Waals surface area contributed by atoms with Gasteiger partial charge in [-0.25, -0.2) is 0 Å². The Hall–Kier alpha value is -4.23. The zero-order valence-electron chi connectivity index (χ0n) is 25.9. The van der Waals surface area contributed by atoms with E-state index in [-0.39, 0.29) is 11.8 Å². The molecule has 0 N–H and O–H groups in total. The van der Waals surface area contributed by atoms with Gasteiger partial charge in [-0.1, -0.05) is 135 Å². The number of rotatable bonds is 5. The van der Waals surface area contributed by atoms with Crippen LogP contribution in [0.4, 0.5) is 0 Å². The van der Waals surface area contributed by atoms with E-state index in [4.69, 9.17) is 4.99 Å². The molecule has 218 valence electrons. The molecule has 0 aromatic heterocycles. The minimum Gasteiger partial charge on any atom is -0.261 e. The molecule has 0 spiro atoms. The lowest BCUT2D eigenvalue weighted by atomic mass is 9.66. The summed E-state index contributed by atoms with van der Waals surface area (Å²) in [5, 5.41) is 0. The standard InChI is InChI=1S/C43H41N/c1-3-39-42(38-19-11-12-28(2)43(38)44-39)33-26-24-32(25-27-33)41-36-17-9-7-15-34(36)40(35-16-8-10-18-37(35)41)31-22-20-30(21-23-31)29-13-5-4-6-14-29/h5,7-11,13,15-29,36,41-42H,3-4,6,12,14H2,1-2H3. The van der Waals surface area contributed by atoms with E-state index in [2.05, 4.69) is 135 Å². The van der Waals surface area contributed by atoms with Gasteiger partial charge in [-0.3, -0.25) is 4.99 Å². The molecule has 4 aliphatic carbocycles. The van der Waals surface area contributed by atoms with E-state index in [0.717, 1.165) is 12.8 Å². The van der Waals surface area contributed by atoms with Crippen molar-refractivity contribution in [3.8, 4) is 0 Å². The summed E-state index contributed by atoms with van der Waals surface area (Å²) in [7, 11) is 0. The first kappa shape index (κ1) is 27.3. The molecular formula is C43H41N. The number of benzene rings is 3. The Labute approximate surface area is 262 Å². The SMILES string of the molecule is CCC1=NC2=C(C=CCC2C)C1c1ccc(C2c3ccccc3C(c3ccc(C4C=CCCC4)cc3)=C3C=CC=CC32)cc1. The monoisotopic (exact) mass is 571 g/mol. The van der Waals surface area contributed by atoms with Crippen molar-refractivity contribution >= 4 is 11.3 Å². The first-order valence-corrected chi connectivity index (χ1v) is 16.7. The summed E-state index contributed by atoms with van der Waals surface area (Å²) in [5.74, 6) is 1.92. The van der Waals surface area contributed by atoms with Crippen LogP contribution in [-0.4, -0.2) is 5.71 Å². The molecule has 1 heterocycles. The third-order valence-corrected chi connectivity index (χ3v) is 10.6. The second-order valence-electron chi connectivity index (χ2n) is 13.2. The molecule has 3 aromatic rings. The quantitative estimate of drug-likeness (QED) is 0.270. The zero-order valence-corrected chi connectivity index (χ0v) is 25.9. The maximum atomic E-state index is 5.15. The van der Waals surface area contributed by atoms with Crippen molar-refractivity contribution in [2.45, 2.75) is 63.7 Å². The lowest BCUT2D eigenvalue weighted by Gasteiger charge is -2.37. The first-order valence-electron chi connectivity index (χ1n) is 16.7. The Balaban J connectivity index is 1.17. The Morgan fingerprint density at radius 2 is 1.57 bits per heavy atom. The van der Waals surface area contributed by atoms with Crippen molar-refractivity contribution in [1.29, 1.82) is 0 Å². The molecule has 0 amide bonds. The number of aliphatic imine (C=N–C) groups is 1. The van der Waals surface area contributed by atoms with E-state index in [9.17, 15) is 0 Å². The molecule has 5 unspecified atom stereocenters. The van der Waals surface area contributed by atoms with Crippen molar-refractivity contribution in [2.24, 2.45) is 16.8 Å². The average molecular weight is 572 g/mol. The third kappa shape index (κ3) is 4.56. The highest BCUT2D eigenvalue weighted by molar-refractivity contribution is 5.98. The van der Waals surface area contributed by atoms with Crippen LogP contribution >= 0.6 is 0 Å². The van der Waals surface area contributed by atoms with E-state index in [1.54, 1.807) is 0 Å². The van der Waals surface area contributed by atoms with Crippen LogP contribution in [0, 0.1) is 11.8 Å². The van der Waals surface area contributed by atoms with Crippen molar-refractivity contribution in [3.05, 3.63) is 172 Å². The van der Waals surface area contributed by atoms with Crippen molar-refractivity contribution in [1.82, 2.24) is 0 Å². The molecule has 0 saturated carbocycles. The predicted molar refractivity (Wildman–Crippen MR) is 185 cm³/mol. The predicted octanol–water partition coefficient (Wildman–Crippen LogP) is 11.0. The summed E-state index contributed by atoms with van der Waals surface area (Å²) >= 11 is 0. The summed E-state index contributed by atoms with van der Waals surface area (Å²) in [6.07, 6.45) is 24.5. The lowest BCUT2D eigenvalue weighted by molar-refractivity contribution is 0.648. The van der Waals surface area contributed by atoms with Crippen LogP contribution in [0.25, 0.3) is 5.57 Å². The largest absolute Gasteiger partial charge is 0.261 e. The van der Waals surface area contributed by atoms with Gasteiger partial charge in [0, 0.05) is 41.0 Å². The molecule has 0 radical (unpaired) electrons. The minimum absolute atomic E-state index is 0.277. The topological polar surface area (TPSA) is 12.4 Å². The summed E-state index contributed by atoms with van der Waals surface area (Å²) < 4.78 is 0. The summed E-state index contributed by atoms with van der Waals surface area (Å²) in [6.45, 7) is 4.57. The van der Waals surface area contributed by atoms with Gasteiger partial charge in [0.2, 0.25) is 0 Å². The highest BCUT2D eigenvalue weighted by Crippen LogP contribution is 2.50. The van der Waals surface area contributed by atoms with Crippen LogP contribution in [0.5, 0.6) is 0 Å². The van der Waals surface area contributed by atoms with Crippen LogP contribution in [0.1, 0.15) is 97.1 Å². The van der Waals surface area contributed by atoms with Gasteiger partial charge in [0.1, 0.15) is 0 Å². The van der Waals surface area contributed by atoms with Crippen molar-refractivity contribution in [2.75, 3.05) is 0 Å². The highest BCUT2D eigenvalue weighted by atomic mass is 14.8. The van der Waals surface area contributed by atoms with Gasteiger partial charge in [-0.2, -0.15) is 0 Å². The fourth-order valence-corrected chi connectivity index (χ4v) is 8.39. The maximum absolute atomic E-state index is 5.15. The van der Waals surface area contributed by atoms with Gasteiger partial charge in [-0.15, -0.1) is 0 Å². The van der Waals surface area contributed by atoms with Gasteiger partial charge in [0.25, 0.3) is 0 Å². The number of allylic oxidation sites excluding steroid dienone is 11. The number of nitrogens with zero attached hydrogens (tertiary/aromatic N) is 1. The van der Waals surface area contributed by atoms with Crippen LogP contribution in [-0.2, 0) is 0 Å². The van der Waals surface area contributed by atoms with Gasteiger partial charge in [0.05, 0.1) is 0 Å². The van der Waals surface area contributed by atoms with Crippen LogP contribution in [0.2, 0.25) is 0 Å². The normalized spacial score (nSPS) is 26.9. The molecular weight excluding hydrogens is 530 g/mol. The van der Waals surface area contributed by atoms with Gasteiger partial charge in [-0.05, 0) is 82.2 Å². The van der Waals surface area contributed by atoms with Gasteiger partial charge >= 0.3 is 0 Å². The van der Waals surface area contributed by atoms with Crippen molar-refractivity contribution in [3.63, 3.8) is 0 Å². The Morgan fingerprint density at radius 1 is 0.773 bits per heavy atom. The van der Waals surface area contributed by atoms with Crippen LogP contribution < -0.4 is 0 Å². The number of fused-ring (bicyclic) bond motifs is 2. The van der Waals surface area contributed by atoms with Gasteiger partial charge < -0.3 is 0 Å². The second kappa shape index (κ2) is 11.4. The zero-order chi connectivity index (χ0) is 29.6. The summed E-state index contributed by atoms with van der Waals surface area (Å²) in [6, 6.07) is 28.2. The Kier molecular flexibility index (Phi) is 7.06. The van der Waals surface area contributed by atoms with Crippen LogP contribution in [0.15, 0.2) is 143 Å². The van der Waals surface area contributed by atoms with E-state index >= 15 is 0 Å². The molecule has 8 rings (SSSR count). The maximum Gasteiger partial charge on any atom is 0.0491 e. The molecule has 0 bridgehead atoms. The fourth-order valence-electron chi connectivity index (χ4n) is 8.39. The van der Waals surface area contributed by atoms with E-state index in [1.807, 2.05) is 0 Å². The van der Waals surface area contributed by atoms with Crippen molar-refractivity contribution < 1.29 is 0 Å². The average Bonchev–Trinajstić information content (AvgIpc) is 3.48. The highest BCUT2D eigenvalue weighted by Gasteiger charge is 2.36. The molecule has 5 atom stereocenters. The molecule has 5 aliphatic rings. The lowest BCUT2D eigenvalue weighted by Crippen LogP contribution is -2.23. The smallest absolute Gasteiger partial charge is 0.0491 e. The fraction of sp³-hybridized carbons (Fsp3) is 0.279. The number of hydrogen-bond donors (Lipinski definition) is 0. The Bertz CT molecular complexity index is 1800. The molecule has 0 saturated heterocycles.